The minimum absolute atomic E-state index is 0. The van der Waals surface area contributed by atoms with Crippen LogP contribution in [0.3, 0.4) is 0 Å². The minimum atomic E-state index is -0.457. The Labute approximate surface area is 112 Å². The number of nitrogens with zero attached hydrogens (tertiary/aromatic N) is 1. The maximum atomic E-state index is 10.2. The van der Waals surface area contributed by atoms with Crippen LogP contribution in [0, 0.1) is 10.1 Å². The minimum Gasteiger partial charge on any atom is -0.854 e. The first-order valence-electron chi connectivity index (χ1n) is 3.55. The van der Waals surface area contributed by atoms with Gasteiger partial charge in [-0.25, -0.2) is 0 Å². The predicted molar refractivity (Wildman–Crippen MR) is 52.7 cm³/mol. The Morgan fingerprint density at radius 1 is 1.21 bits per heavy atom. The van der Waals surface area contributed by atoms with E-state index >= 15 is 0 Å². The SMILES string of the molecule is O=[N+]([O-])c1ccc(CC[O-])cc1.[Ca+2].[NH2-]. The molecule has 1 aromatic carbocycles. The second-order valence-electron chi connectivity index (χ2n) is 2.38. The van der Waals surface area contributed by atoms with Crippen LogP contribution in [0.2, 0.25) is 0 Å². The van der Waals surface area contributed by atoms with E-state index in [0.29, 0.717) is 6.42 Å². The van der Waals surface area contributed by atoms with Gasteiger partial charge in [-0.2, -0.15) is 0 Å². The third kappa shape index (κ3) is 4.88. The van der Waals surface area contributed by atoms with Crippen LogP contribution in [-0.4, -0.2) is 49.3 Å². The molecular weight excluding hydrogens is 212 g/mol. The van der Waals surface area contributed by atoms with Gasteiger partial charge in [-0.1, -0.05) is 12.1 Å². The molecule has 5 nitrogen and oxygen atoms in total. The molecule has 0 radical (unpaired) electrons. The summed E-state index contributed by atoms with van der Waals surface area (Å²) < 4.78 is 0. The first-order valence-corrected chi connectivity index (χ1v) is 3.55. The average molecular weight is 222 g/mol. The summed E-state index contributed by atoms with van der Waals surface area (Å²) in [6.45, 7) is -0.183. The van der Waals surface area contributed by atoms with Crippen LogP contribution in [0.15, 0.2) is 24.3 Å². The fourth-order valence-corrected chi connectivity index (χ4v) is 0.902. The number of rotatable bonds is 3. The van der Waals surface area contributed by atoms with Crippen molar-refractivity contribution in [3.63, 3.8) is 0 Å². The average Bonchev–Trinajstić information content (AvgIpc) is 2.06. The molecule has 0 spiro atoms. The van der Waals surface area contributed by atoms with Crippen molar-refractivity contribution in [1.29, 1.82) is 0 Å². The summed E-state index contributed by atoms with van der Waals surface area (Å²) in [6.07, 6.45) is 0.429. The van der Waals surface area contributed by atoms with Crippen molar-refractivity contribution in [3.8, 4) is 0 Å². The van der Waals surface area contributed by atoms with Gasteiger partial charge in [-0.15, -0.1) is 6.61 Å². The van der Waals surface area contributed by atoms with Crippen LogP contribution in [-0.2, 0) is 6.42 Å². The summed E-state index contributed by atoms with van der Waals surface area (Å²) in [4.78, 5) is 9.76. The Kier molecular flexibility index (Phi) is 9.44. The number of non-ortho nitro benzene ring substituents is 1. The monoisotopic (exact) mass is 222 g/mol. The Morgan fingerprint density at radius 3 is 2.07 bits per heavy atom. The summed E-state index contributed by atoms with van der Waals surface area (Å²) in [5.41, 5.74) is 0.903. The molecule has 0 unspecified atom stereocenters. The number of benzene rings is 1. The van der Waals surface area contributed by atoms with Crippen molar-refractivity contribution in [1.82, 2.24) is 0 Å². The molecular formula is C8H10CaN2O3. The molecule has 14 heavy (non-hydrogen) atoms. The molecule has 0 amide bonds. The molecule has 0 atom stereocenters. The van der Waals surface area contributed by atoms with Crippen LogP contribution in [0.25, 0.3) is 6.15 Å². The number of nitro benzene ring substituents is 1. The molecule has 0 aromatic heterocycles. The van der Waals surface area contributed by atoms with Gasteiger partial charge in [0.15, 0.2) is 0 Å². The van der Waals surface area contributed by atoms with Gasteiger partial charge in [0.25, 0.3) is 5.69 Å². The molecule has 1 rings (SSSR count). The third-order valence-electron chi connectivity index (χ3n) is 1.54. The Bertz CT molecular complexity index is 276. The van der Waals surface area contributed by atoms with Crippen molar-refractivity contribution in [2.75, 3.05) is 6.61 Å². The van der Waals surface area contributed by atoms with E-state index in [4.69, 9.17) is 0 Å². The number of hydrogen-bond donors (Lipinski definition) is 0. The van der Waals surface area contributed by atoms with E-state index in [0.717, 1.165) is 5.56 Å². The van der Waals surface area contributed by atoms with Crippen molar-refractivity contribution in [3.05, 3.63) is 46.1 Å². The van der Waals surface area contributed by atoms with Gasteiger partial charge in [0.05, 0.1) is 4.92 Å². The molecule has 0 aliphatic heterocycles. The first-order chi connectivity index (χ1) is 5.74. The maximum absolute atomic E-state index is 10.2. The largest absolute Gasteiger partial charge is 2.00 e. The third-order valence-corrected chi connectivity index (χ3v) is 1.54. The number of nitrogens with two attached hydrogens (primary N) is 1. The molecule has 0 aliphatic rings. The molecule has 0 saturated heterocycles. The maximum Gasteiger partial charge on any atom is 2.00 e. The molecule has 0 fully saturated rings. The van der Waals surface area contributed by atoms with Crippen molar-refractivity contribution in [2.45, 2.75) is 6.42 Å². The topological polar surface area (TPSA) is 99.7 Å². The van der Waals surface area contributed by atoms with Crippen LogP contribution < -0.4 is 5.11 Å². The second-order valence-corrected chi connectivity index (χ2v) is 2.38. The van der Waals surface area contributed by atoms with Crippen LogP contribution >= 0.6 is 0 Å². The molecule has 1 aromatic rings. The van der Waals surface area contributed by atoms with Crippen LogP contribution in [0.5, 0.6) is 0 Å². The number of nitro groups is 1. The molecule has 0 saturated carbocycles. The van der Waals surface area contributed by atoms with Crippen molar-refractivity contribution in [2.24, 2.45) is 0 Å². The fraction of sp³-hybridized carbons (Fsp3) is 0.250. The summed E-state index contributed by atoms with van der Waals surface area (Å²) in [6, 6.07) is 6.03. The van der Waals surface area contributed by atoms with Crippen molar-refractivity contribution < 1.29 is 10.0 Å². The van der Waals surface area contributed by atoms with Gasteiger partial charge in [0.1, 0.15) is 0 Å². The molecule has 6 heteroatoms. The van der Waals surface area contributed by atoms with Gasteiger partial charge in [0.2, 0.25) is 0 Å². The van der Waals surface area contributed by atoms with Crippen LogP contribution in [0.4, 0.5) is 5.69 Å². The van der Waals surface area contributed by atoms with E-state index in [1.165, 1.54) is 12.1 Å². The quantitative estimate of drug-likeness (QED) is 0.430. The standard InChI is InChI=1S/C8H8NO3.Ca.H2N/c10-6-5-7-1-3-8(4-2-7)9(11)12;;/h1-4H,5-6H2;;1H2/q-1;+2;-1. The smallest absolute Gasteiger partial charge is 0.854 e. The summed E-state index contributed by atoms with van der Waals surface area (Å²) in [5.74, 6) is 0. The van der Waals surface area contributed by atoms with E-state index in [1.54, 1.807) is 12.1 Å². The number of hydrogen-bond acceptors (Lipinski definition) is 3. The van der Waals surface area contributed by atoms with Gasteiger partial charge in [-0.05, 0) is 12.0 Å². The van der Waals surface area contributed by atoms with E-state index < -0.39 is 4.92 Å². The Hall–Kier alpha value is -0.200. The zero-order valence-electron chi connectivity index (χ0n) is 7.68. The van der Waals surface area contributed by atoms with Gasteiger partial charge < -0.3 is 11.3 Å². The first kappa shape index (κ1) is 16.2. The summed E-state index contributed by atoms with van der Waals surface area (Å²) >= 11 is 0. The van der Waals surface area contributed by atoms with Gasteiger partial charge in [-0.3, -0.25) is 10.1 Å². The Morgan fingerprint density at radius 2 is 1.71 bits per heavy atom. The zero-order chi connectivity index (χ0) is 8.97. The molecule has 0 heterocycles. The van der Waals surface area contributed by atoms with Crippen LogP contribution in [0.1, 0.15) is 5.56 Å². The fourth-order valence-electron chi connectivity index (χ4n) is 0.902. The van der Waals surface area contributed by atoms with E-state index in [1.807, 2.05) is 0 Å². The van der Waals surface area contributed by atoms with E-state index in [2.05, 4.69) is 0 Å². The summed E-state index contributed by atoms with van der Waals surface area (Å²) in [5, 5.41) is 20.4. The van der Waals surface area contributed by atoms with E-state index in [-0.39, 0.29) is 56.2 Å². The molecule has 0 aliphatic carbocycles. The van der Waals surface area contributed by atoms with Crippen molar-refractivity contribution >= 4 is 43.4 Å². The molecule has 72 valence electrons. The summed E-state index contributed by atoms with van der Waals surface area (Å²) in [7, 11) is 0. The molecule has 0 bridgehead atoms. The molecule has 2 N–H and O–H groups in total. The second kappa shape index (κ2) is 8.14. The normalized spacial score (nSPS) is 8.36. The van der Waals surface area contributed by atoms with E-state index in [9.17, 15) is 15.2 Å². The Balaban J connectivity index is 0. The van der Waals surface area contributed by atoms with Gasteiger partial charge >= 0.3 is 37.7 Å². The zero-order valence-corrected chi connectivity index (χ0v) is 9.89. The predicted octanol–water partition coefficient (Wildman–Crippen LogP) is 0.834. The van der Waals surface area contributed by atoms with Gasteiger partial charge in [0, 0.05) is 12.1 Å².